The summed E-state index contributed by atoms with van der Waals surface area (Å²) < 4.78 is 0. The fourth-order valence-corrected chi connectivity index (χ4v) is 1.47. The van der Waals surface area contributed by atoms with Gasteiger partial charge in [-0.05, 0) is 11.6 Å². The van der Waals surface area contributed by atoms with Crippen LogP contribution in [0.2, 0.25) is 0 Å². The van der Waals surface area contributed by atoms with E-state index >= 15 is 0 Å². The molecule has 1 atom stereocenters. The first-order valence-electron chi connectivity index (χ1n) is 4.03. The number of hydrogen-bond donors (Lipinski definition) is 0. The number of nitrogens with zero attached hydrogens (tertiary/aromatic N) is 2. The first-order chi connectivity index (χ1) is 5.47. The van der Waals surface area contributed by atoms with Crippen molar-refractivity contribution in [2.75, 3.05) is 6.54 Å². The van der Waals surface area contributed by atoms with Crippen LogP contribution in [-0.4, -0.2) is 11.5 Å². The van der Waals surface area contributed by atoms with Crippen LogP contribution in [0.4, 0.5) is 0 Å². The van der Waals surface area contributed by atoms with Crippen LogP contribution >= 0.6 is 0 Å². The van der Waals surface area contributed by atoms with Crippen molar-refractivity contribution in [1.29, 1.82) is 0 Å². The van der Waals surface area contributed by atoms with Crippen molar-refractivity contribution in [3.8, 4) is 0 Å². The molecule has 58 valence electrons. The third-order valence-corrected chi connectivity index (χ3v) is 2.05. The van der Waals surface area contributed by atoms with Crippen LogP contribution in [0.15, 0.2) is 24.5 Å². The van der Waals surface area contributed by atoms with Gasteiger partial charge < -0.3 is 5.32 Å². The molecule has 1 unspecified atom stereocenters. The first kappa shape index (κ1) is 10.8. The minimum absolute atomic E-state index is 0. The quantitative estimate of drug-likeness (QED) is 0.533. The maximum absolute atomic E-state index is 4.47. The Hall–Kier alpha value is 0.746. The second-order valence-electron chi connectivity index (χ2n) is 2.85. The number of pyridine rings is 1. The van der Waals surface area contributed by atoms with Crippen molar-refractivity contribution in [2.24, 2.45) is 0 Å². The van der Waals surface area contributed by atoms with Gasteiger partial charge in [0.15, 0.2) is 0 Å². The van der Waals surface area contributed by atoms with Gasteiger partial charge in [-0.2, -0.15) is 0 Å². The minimum Gasteiger partial charge on any atom is -0.656 e. The van der Waals surface area contributed by atoms with Crippen molar-refractivity contribution in [2.45, 2.75) is 18.9 Å². The topological polar surface area (TPSA) is 27.0 Å². The summed E-state index contributed by atoms with van der Waals surface area (Å²) in [6.45, 7) is 1.03. The van der Waals surface area contributed by atoms with Crippen LogP contribution in [0.5, 0.6) is 0 Å². The third kappa shape index (κ3) is 2.62. The Bertz CT molecular complexity index is 219. The van der Waals surface area contributed by atoms with Gasteiger partial charge in [0.2, 0.25) is 0 Å². The van der Waals surface area contributed by atoms with E-state index in [1.54, 1.807) is 6.20 Å². The predicted octanol–water partition coefficient (Wildman–Crippen LogP) is -0.706. The molecule has 0 aromatic carbocycles. The zero-order valence-corrected chi connectivity index (χ0v) is 10.5. The van der Waals surface area contributed by atoms with Gasteiger partial charge in [0.05, 0.1) is 0 Å². The van der Waals surface area contributed by atoms with Crippen molar-refractivity contribution in [3.63, 3.8) is 0 Å². The van der Waals surface area contributed by atoms with E-state index in [0.717, 1.165) is 6.54 Å². The summed E-state index contributed by atoms with van der Waals surface area (Å²) in [4.78, 5) is 4.07. The van der Waals surface area contributed by atoms with Gasteiger partial charge in [-0.25, -0.2) is 0 Å². The van der Waals surface area contributed by atoms with E-state index in [0.29, 0.717) is 6.04 Å². The SMILES string of the molecule is [K+].c1cncc(C2CCC[N-]2)c1. The summed E-state index contributed by atoms with van der Waals surface area (Å²) >= 11 is 0. The number of rotatable bonds is 1. The Morgan fingerprint density at radius 1 is 1.50 bits per heavy atom. The van der Waals surface area contributed by atoms with Gasteiger partial charge in [0.1, 0.15) is 0 Å². The Labute approximate surface area is 116 Å². The van der Waals surface area contributed by atoms with Crippen molar-refractivity contribution < 1.29 is 51.4 Å². The summed E-state index contributed by atoms with van der Waals surface area (Å²) in [5.74, 6) is 0. The Kier molecular flexibility index (Phi) is 4.94. The van der Waals surface area contributed by atoms with Gasteiger partial charge in [0, 0.05) is 12.4 Å². The van der Waals surface area contributed by atoms with Gasteiger partial charge in [-0.15, -0.1) is 12.6 Å². The molecule has 1 aliphatic rings. The van der Waals surface area contributed by atoms with Crippen LogP contribution in [0.3, 0.4) is 0 Å². The molecule has 2 heterocycles. The van der Waals surface area contributed by atoms with Crippen molar-refractivity contribution in [1.82, 2.24) is 4.98 Å². The normalized spacial score (nSPS) is 21.8. The predicted molar refractivity (Wildman–Crippen MR) is 44.4 cm³/mol. The Morgan fingerprint density at radius 3 is 3.00 bits per heavy atom. The van der Waals surface area contributed by atoms with Gasteiger partial charge >= 0.3 is 51.4 Å². The molecule has 2 rings (SSSR count). The molecule has 0 radical (unpaired) electrons. The van der Waals surface area contributed by atoms with Gasteiger partial charge in [0.25, 0.3) is 0 Å². The van der Waals surface area contributed by atoms with E-state index in [1.807, 2.05) is 12.3 Å². The van der Waals surface area contributed by atoms with E-state index in [1.165, 1.54) is 18.4 Å². The molecule has 0 bridgehead atoms. The van der Waals surface area contributed by atoms with E-state index in [9.17, 15) is 0 Å². The summed E-state index contributed by atoms with van der Waals surface area (Å²) in [6, 6.07) is 4.51. The molecule has 0 saturated carbocycles. The smallest absolute Gasteiger partial charge is 0.656 e. The molecule has 1 aromatic heterocycles. The monoisotopic (exact) mass is 186 g/mol. The molecule has 0 spiro atoms. The van der Waals surface area contributed by atoms with Crippen LogP contribution < -0.4 is 51.4 Å². The molecular weight excluding hydrogens is 175 g/mol. The van der Waals surface area contributed by atoms with E-state index in [2.05, 4.69) is 16.4 Å². The zero-order chi connectivity index (χ0) is 7.52. The maximum Gasteiger partial charge on any atom is 1.00 e. The average Bonchev–Trinajstić information content (AvgIpc) is 2.58. The Morgan fingerprint density at radius 2 is 2.42 bits per heavy atom. The van der Waals surface area contributed by atoms with E-state index < -0.39 is 0 Å². The van der Waals surface area contributed by atoms with Crippen molar-refractivity contribution in [3.05, 3.63) is 35.4 Å². The number of aromatic nitrogens is 1. The molecule has 0 aliphatic carbocycles. The number of hydrogen-bond acceptors (Lipinski definition) is 1. The fraction of sp³-hybridized carbons (Fsp3) is 0.444. The summed E-state index contributed by atoms with van der Waals surface area (Å²) in [6.07, 6.45) is 6.16. The fourth-order valence-electron chi connectivity index (χ4n) is 1.47. The standard InChI is InChI=1S/C9H11N2.K/c1-3-8(7-10-5-1)9-4-2-6-11-9;/h1,3,5,7,9H,2,4,6H2;/q-1;+1. The zero-order valence-electron chi connectivity index (χ0n) is 7.40. The summed E-state index contributed by atoms with van der Waals surface area (Å²) in [5.41, 5.74) is 1.27. The first-order valence-corrected chi connectivity index (χ1v) is 4.03. The largest absolute Gasteiger partial charge is 1.00 e. The molecule has 1 aliphatic heterocycles. The molecule has 0 amide bonds. The molecule has 2 nitrogen and oxygen atoms in total. The maximum atomic E-state index is 4.47. The van der Waals surface area contributed by atoms with E-state index in [-0.39, 0.29) is 51.4 Å². The summed E-state index contributed by atoms with van der Waals surface area (Å²) in [5, 5.41) is 4.47. The molecule has 3 heteroatoms. The molecule has 1 fully saturated rings. The Balaban J connectivity index is 0.000000720. The van der Waals surface area contributed by atoms with Gasteiger partial charge in [-0.1, -0.05) is 18.9 Å². The molecular formula is C9H11KN2. The molecule has 1 aromatic rings. The molecule has 1 saturated heterocycles. The second kappa shape index (κ2) is 5.47. The van der Waals surface area contributed by atoms with Crippen LogP contribution in [0, 0.1) is 0 Å². The van der Waals surface area contributed by atoms with Crippen LogP contribution in [-0.2, 0) is 0 Å². The third-order valence-electron chi connectivity index (χ3n) is 2.05. The second-order valence-corrected chi connectivity index (χ2v) is 2.85. The van der Waals surface area contributed by atoms with Gasteiger partial charge in [-0.3, -0.25) is 4.98 Å². The van der Waals surface area contributed by atoms with Crippen LogP contribution in [0.1, 0.15) is 24.4 Å². The van der Waals surface area contributed by atoms with Crippen molar-refractivity contribution >= 4 is 0 Å². The van der Waals surface area contributed by atoms with E-state index in [4.69, 9.17) is 0 Å². The molecule has 0 N–H and O–H groups in total. The van der Waals surface area contributed by atoms with Crippen LogP contribution in [0.25, 0.3) is 5.32 Å². The summed E-state index contributed by atoms with van der Waals surface area (Å²) in [7, 11) is 0. The minimum atomic E-state index is 0. The molecule has 12 heavy (non-hydrogen) atoms. The average molecular weight is 186 g/mol.